The Morgan fingerprint density at radius 3 is 3.10 bits per heavy atom. The third kappa shape index (κ3) is 4.87. The fourth-order valence-electron chi connectivity index (χ4n) is 2.86. The molecule has 1 aliphatic rings. The number of hydrogen-bond acceptors (Lipinski definition) is 3. The van der Waals surface area contributed by atoms with Crippen molar-refractivity contribution in [3.05, 3.63) is 29.6 Å². The molecule has 1 saturated carbocycles. The van der Waals surface area contributed by atoms with Crippen LogP contribution in [0.15, 0.2) is 18.5 Å². The number of pyridine rings is 1. The molecule has 2 N–H and O–H groups in total. The smallest absolute Gasteiger partial charge is 0.252 e. The fourth-order valence-corrected chi connectivity index (χ4v) is 2.86. The quantitative estimate of drug-likeness (QED) is 0.835. The Hall–Kier alpha value is -1.86. The van der Waals surface area contributed by atoms with Crippen molar-refractivity contribution in [3.63, 3.8) is 0 Å². The average molecular weight is 286 g/mol. The Morgan fingerprint density at radius 2 is 2.33 bits per heavy atom. The van der Waals surface area contributed by atoms with Crippen LogP contribution in [0.5, 0.6) is 0 Å². The lowest BCUT2D eigenvalue weighted by atomic mass is 9.82. The number of rotatable bonds is 3. The van der Waals surface area contributed by atoms with Crippen molar-refractivity contribution < 1.29 is 9.90 Å². The highest BCUT2D eigenvalue weighted by Crippen LogP contribution is 2.27. The Balaban J connectivity index is 1.91. The van der Waals surface area contributed by atoms with Crippen molar-refractivity contribution in [2.24, 2.45) is 11.8 Å². The summed E-state index contributed by atoms with van der Waals surface area (Å²) < 4.78 is 0. The fraction of sp³-hybridized carbons (Fsp3) is 0.529. The first kappa shape index (κ1) is 15.5. The molecule has 1 amide bonds. The summed E-state index contributed by atoms with van der Waals surface area (Å²) >= 11 is 0. The zero-order valence-electron chi connectivity index (χ0n) is 12.4. The van der Waals surface area contributed by atoms with E-state index in [1.807, 2.05) is 0 Å². The van der Waals surface area contributed by atoms with Crippen molar-refractivity contribution in [1.29, 1.82) is 0 Å². The molecule has 4 nitrogen and oxygen atoms in total. The maximum atomic E-state index is 12.1. The minimum absolute atomic E-state index is 0.103. The van der Waals surface area contributed by atoms with Gasteiger partial charge in [0, 0.05) is 24.5 Å². The first-order chi connectivity index (χ1) is 10.2. The molecule has 2 unspecified atom stereocenters. The van der Waals surface area contributed by atoms with Crippen LogP contribution in [-0.4, -0.2) is 29.1 Å². The molecule has 4 heteroatoms. The zero-order chi connectivity index (χ0) is 15.1. The summed E-state index contributed by atoms with van der Waals surface area (Å²) in [7, 11) is 0. The largest absolute Gasteiger partial charge is 0.384 e. The van der Waals surface area contributed by atoms with E-state index in [0.717, 1.165) is 12.5 Å². The predicted molar refractivity (Wildman–Crippen MR) is 81.7 cm³/mol. The lowest BCUT2D eigenvalue weighted by Gasteiger charge is -2.26. The van der Waals surface area contributed by atoms with Gasteiger partial charge in [0.15, 0.2) is 0 Å². The van der Waals surface area contributed by atoms with Gasteiger partial charge in [0.1, 0.15) is 6.61 Å². The summed E-state index contributed by atoms with van der Waals surface area (Å²) in [6.07, 6.45) is 8.09. The van der Waals surface area contributed by atoms with Gasteiger partial charge in [-0.15, -0.1) is 0 Å². The summed E-state index contributed by atoms with van der Waals surface area (Å²) in [5, 5.41) is 11.7. The molecule has 1 heterocycles. The van der Waals surface area contributed by atoms with Gasteiger partial charge in [0.25, 0.3) is 5.91 Å². The molecule has 2 rings (SSSR count). The lowest BCUT2D eigenvalue weighted by Crippen LogP contribution is -2.31. The predicted octanol–water partition coefficient (Wildman–Crippen LogP) is 1.98. The van der Waals surface area contributed by atoms with Crippen LogP contribution in [0.3, 0.4) is 0 Å². The maximum Gasteiger partial charge on any atom is 0.252 e. The Kier molecular flexibility index (Phi) is 5.77. The molecule has 0 radical (unpaired) electrons. The lowest BCUT2D eigenvalue weighted by molar-refractivity contribution is 0.0940. The molecule has 0 saturated heterocycles. The number of hydrogen-bond donors (Lipinski definition) is 2. The van der Waals surface area contributed by atoms with Crippen LogP contribution >= 0.6 is 0 Å². The van der Waals surface area contributed by atoms with Crippen LogP contribution in [0.1, 0.15) is 48.5 Å². The van der Waals surface area contributed by atoms with Crippen molar-refractivity contribution in [3.8, 4) is 11.8 Å². The summed E-state index contributed by atoms with van der Waals surface area (Å²) in [5.41, 5.74) is 1.16. The molecule has 21 heavy (non-hydrogen) atoms. The highest BCUT2D eigenvalue weighted by Gasteiger charge is 2.19. The van der Waals surface area contributed by atoms with Crippen LogP contribution in [0.2, 0.25) is 0 Å². The van der Waals surface area contributed by atoms with E-state index >= 15 is 0 Å². The summed E-state index contributed by atoms with van der Waals surface area (Å²) in [5.74, 6) is 6.56. The van der Waals surface area contributed by atoms with Gasteiger partial charge < -0.3 is 10.4 Å². The summed E-state index contributed by atoms with van der Waals surface area (Å²) in [4.78, 5) is 16.2. The normalized spacial score (nSPS) is 21.2. The maximum absolute atomic E-state index is 12.1. The van der Waals surface area contributed by atoms with Crippen molar-refractivity contribution in [2.75, 3.05) is 13.2 Å². The molecule has 0 bridgehead atoms. The molecule has 0 aliphatic heterocycles. The van der Waals surface area contributed by atoms with Crippen LogP contribution in [-0.2, 0) is 0 Å². The molecule has 112 valence electrons. The Bertz CT molecular complexity index is 545. The molecule has 1 aromatic heterocycles. The van der Waals surface area contributed by atoms with Crippen molar-refractivity contribution >= 4 is 5.91 Å². The number of amides is 1. The number of aliphatic hydroxyl groups is 1. The second-order valence-corrected chi connectivity index (χ2v) is 5.77. The van der Waals surface area contributed by atoms with E-state index in [1.54, 1.807) is 18.5 Å². The standard InChI is InChI=1S/C17H22N2O2/c1-13-4-2-5-14(8-13)11-19-17(21)16-9-15(6-3-7-20)10-18-12-16/h9-10,12-14,20H,2,4-5,7-8,11H2,1H3,(H,19,21). The minimum Gasteiger partial charge on any atom is -0.384 e. The van der Waals surface area contributed by atoms with Gasteiger partial charge in [-0.2, -0.15) is 0 Å². The van der Waals surface area contributed by atoms with Gasteiger partial charge in [0.2, 0.25) is 0 Å². The number of aromatic nitrogens is 1. The van der Waals surface area contributed by atoms with Crippen LogP contribution in [0, 0.1) is 23.7 Å². The number of nitrogens with one attached hydrogen (secondary N) is 1. The first-order valence-electron chi connectivity index (χ1n) is 7.52. The van der Waals surface area contributed by atoms with Gasteiger partial charge in [-0.05, 0) is 30.7 Å². The summed E-state index contributed by atoms with van der Waals surface area (Å²) in [6.45, 7) is 2.81. The van der Waals surface area contributed by atoms with Gasteiger partial charge in [0.05, 0.1) is 5.56 Å². The van der Waals surface area contributed by atoms with E-state index in [0.29, 0.717) is 17.0 Å². The third-order valence-electron chi connectivity index (χ3n) is 3.91. The number of nitrogens with zero attached hydrogens (tertiary/aromatic N) is 1. The molecule has 1 aromatic rings. The second-order valence-electron chi connectivity index (χ2n) is 5.77. The molecule has 1 aliphatic carbocycles. The van der Waals surface area contributed by atoms with E-state index in [4.69, 9.17) is 5.11 Å². The van der Waals surface area contributed by atoms with E-state index in [-0.39, 0.29) is 12.5 Å². The molecule has 1 fully saturated rings. The van der Waals surface area contributed by atoms with Gasteiger partial charge in [-0.1, -0.05) is 31.6 Å². The topological polar surface area (TPSA) is 62.2 Å². The second kappa shape index (κ2) is 7.80. The molecular weight excluding hydrogens is 264 g/mol. The number of carbonyl (C=O) groups excluding carboxylic acids is 1. The van der Waals surface area contributed by atoms with Crippen LogP contribution in [0.25, 0.3) is 0 Å². The molecule has 0 spiro atoms. The van der Waals surface area contributed by atoms with Gasteiger partial charge in [-0.3, -0.25) is 9.78 Å². The van der Waals surface area contributed by atoms with Gasteiger partial charge >= 0.3 is 0 Å². The van der Waals surface area contributed by atoms with Crippen LogP contribution in [0.4, 0.5) is 0 Å². The third-order valence-corrected chi connectivity index (χ3v) is 3.91. The highest BCUT2D eigenvalue weighted by atomic mass is 16.2. The molecule has 2 atom stereocenters. The number of aliphatic hydroxyl groups excluding tert-OH is 1. The molecule has 0 aromatic carbocycles. The SMILES string of the molecule is CC1CCCC(CNC(=O)c2cncc(C#CCO)c2)C1. The van der Waals surface area contributed by atoms with Gasteiger partial charge in [-0.25, -0.2) is 0 Å². The van der Waals surface area contributed by atoms with E-state index in [9.17, 15) is 4.79 Å². The average Bonchev–Trinajstić information content (AvgIpc) is 2.51. The zero-order valence-corrected chi connectivity index (χ0v) is 12.4. The number of carbonyl (C=O) groups is 1. The van der Waals surface area contributed by atoms with Crippen molar-refractivity contribution in [2.45, 2.75) is 32.6 Å². The van der Waals surface area contributed by atoms with E-state index in [1.165, 1.54) is 25.7 Å². The van der Waals surface area contributed by atoms with E-state index in [2.05, 4.69) is 29.1 Å². The minimum atomic E-state index is -0.198. The van der Waals surface area contributed by atoms with Crippen molar-refractivity contribution in [1.82, 2.24) is 10.3 Å². The van der Waals surface area contributed by atoms with Crippen LogP contribution < -0.4 is 5.32 Å². The molecular formula is C17H22N2O2. The highest BCUT2D eigenvalue weighted by molar-refractivity contribution is 5.94. The summed E-state index contributed by atoms with van der Waals surface area (Å²) in [6, 6.07) is 1.70. The van der Waals surface area contributed by atoms with E-state index < -0.39 is 0 Å². The Labute approximate surface area is 126 Å². The first-order valence-corrected chi connectivity index (χ1v) is 7.52. The Morgan fingerprint density at radius 1 is 1.48 bits per heavy atom. The monoisotopic (exact) mass is 286 g/mol.